The van der Waals surface area contributed by atoms with Gasteiger partial charge in [-0.1, -0.05) is 12.1 Å². The number of amides is 1. The van der Waals surface area contributed by atoms with Gasteiger partial charge in [0.15, 0.2) is 6.61 Å². The third-order valence-corrected chi connectivity index (χ3v) is 4.09. The lowest BCUT2D eigenvalue weighted by molar-refractivity contribution is 0.102. The summed E-state index contributed by atoms with van der Waals surface area (Å²) in [5.41, 5.74) is 0.544. The summed E-state index contributed by atoms with van der Waals surface area (Å²) in [6.45, 7) is -0.0599. The standard InChI is InChI=1S/C13H9BrN2O2S/c14-9-5-8-19-12(9)13(17)16-10-3-1-2-4-11(10)18-7-6-15/h1-5,8H,7H2,(H,16,17). The van der Waals surface area contributed by atoms with Crippen LogP contribution < -0.4 is 10.1 Å². The number of carbonyl (C=O) groups is 1. The van der Waals surface area contributed by atoms with Crippen molar-refractivity contribution >= 4 is 38.9 Å². The van der Waals surface area contributed by atoms with Crippen molar-refractivity contribution in [2.24, 2.45) is 0 Å². The predicted octanol–water partition coefficient (Wildman–Crippen LogP) is 3.67. The Morgan fingerprint density at radius 1 is 1.42 bits per heavy atom. The second-order valence-electron chi connectivity index (χ2n) is 3.49. The fraction of sp³-hybridized carbons (Fsp3) is 0.0769. The molecule has 1 amide bonds. The summed E-state index contributed by atoms with van der Waals surface area (Å²) in [4.78, 5) is 12.7. The van der Waals surface area contributed by atoms with Crippen molar-refractivity contribution in [3.63, 3.8) is 0 Å². The zero-order valence-corrected chi connectivity index (χ0v) is 12.1. The summed E-state index contributed by atoms with van der Waals surface area (Å²) >= 11 is 4.66. The van der Waals surface area contributed by atoms with Crippen LogP contribution in [0.4, 0.5) is 5.69 Å². The second kappa shape index (κ2) is 6.36. The minimum atomic E-state index is -0.213. The van der Waals surface area contributed by atoms with Gasteiger partial charge in [0.25, 0.3) is 5.91 Å². The number of thiophene rings is 1. The number of benzene rings is 1. The van der Waals surface area contributed by atoms with Crippen LogP contribution in [-0.2, 0) is 0 Å². The van der Waals surface area contributed by atoms with Gasteiger partial charge in [-0.15, -0.1) is 11.3 Å². The number of ether oxygens (including phenoxy) is 1. The lowest BCUT2D eigenvalue weighted by Gasteiger charge is -2.10. The minimum absolute atomic E-state index is 0.0599. The molecule has 0 aliphatic carbocycles. The first-order chi connectivity index (χ1) is 9.22. The van der Waals surface area contributed by atoms with Crippen LogP contribution in [0.1, 0.15) is 9.67 Å². The van der Waals surface area contributed by atoms with Gasteiger partial charge in [-0.25, -0.2) is 0 Å². The molecule has 0 spiro atoms. The summed E-state index contributed by atoms with van der Waals surface area (Å²) in [5, 5.41) is 13.1. The van der Waals surface area contributed by atoms with Gasteiger partial charge in [-0.05, 0) is 39.5 Å². The molecule has 1 aromatic heterocycles. The number of hydrogen-bond donors (Lipinski definition) is 1. The van der Waals surface area contributed by atoms with Crippen molar-refractivity contribution in [2.75, 3.05) is 11.9 Å². The van der Waals surface area contributed by atoms with Crippen LogP contribution >= 0.6 is 27.3 Å². The maximum atomic E-state index is 12.1. The first-order valence-electron chi connectivity index (χ1n) is 5.35. The molecule has 1 aromatic carbocycles. The van der Waals surface area contributed by atoms with Crippen molar-refractivity contribution in [1.29, 1.82) is 5.26 Å². The van der Waals surface area contributed by atoms with E-state index in [2.05, 4.69) is 21.2 Å². The van der Waals surface area contributed by atoms with Gasteiger partial charge >= 0.3 is 0 Å². The van der Waals surface area contributed by atoms with Gasteiger partial charge in [0.05, 0.1) is 5.69 Å². The van der Waals surface area contributed by atoms with Crippen molar-refractivity contribution in [2.45, 2.75) is 0 Å². The Balaban J connectivity index is 2.17. The van der Waals surface area contributed by atoms with Gasteiger partial charge < -0.3 is 10.1 Å². The number of carbonyl (C=O) groups excluding carboxylic acids is 1. The Morgan fingerprint density at radius 3 is 2.89 bits per heavy atom. The number of rotatable bonds is 4. The van der Waals surface area contributed by atoms with Crippen molar-refractivity contribution in [3.8, 4) is 11.8 Å². The summed E-state index contributed by atoms with van der Waals surface area (Å²) in [6.07, 6.45) is 0. The molecule has 96 valence electrons. The van der Waals surface area contributed by atoms with E-state index in [1.165, 1.54) is 11.3 Å². The quantitative estimate of drug-likeness (QED) is 0.926. The zero-order chi connectivity index (χ0) is 13.7. The largest absolute Gasteiger partial charge is 0.477 e. The first kappa shape index (κ1) is 13.6. The molecule has 2 rings (SSSR count). The van der Waals surface area contributed by atoms with Gasteiger partial charge in [-0.3, -0.25) is 4.79 Å². The second-order valence-corrected chi connectivity index (χ2v) is 5.27. The van der Waals surface area contributed by atoms with E-state index in [0.717, 1.165) is 4.47 Å². The first-order valence-corrected chi connectivity index (χ1v) is 7.02. The number of nitrogens with zero attached hydrogens (tertiary/aromatic N) is 1. The summed E-state index contributed by atoms with van der Waals surface area (Å²) in [5.74, 6) is 0.264. The molecule has 0 fully saturated rings. The van der Waals surface area contributed by atoms with E-state index in [1.54, 1.807) is 24.3 Å². The van der Waals surface area contributed by atoms with Crippen LogP contribution in [-0.4, -0.2) is 12.5 Å². The SMILES string of the molecule is N#CCOc1ccccc1NC(=O)c1sccc1Br. The number of nitriles is 1. The highest BCUT2D eigenvalue weighted by Gasteiger charge is 2.13. The monoisotopic (exact) mass is 336 g/mol. The van der Waals surface area contributed by atoms with E-state index in [0.29, 0.717) is 16.3 Å². The summed E-state index contributed by atoms with van der Waals surface area (Å²) < 4.78 is 6.01. The molecular weight excluding hydrogens is 328 g/mol. The van der Waals surface area contributed by atoms with Crippen molar-refractivity contribution < 1.29 is 9.53 Å². The van der Waals surface area contributed by atoms with Gasteiger partial charge in [-0.2, -0.15) is 5.26 Å². The molecule has 0 aliphatic rings. The Morgan fingerprint density at radius 2 is 2.21 bits per heavy atom. The highest BCUT2D eigenvalue weighted by molar-refractivity contribution is 9.10. The fourth-order valence-electron chi connectivity index (χ4n) is 1.44. The van der Waals surface area contributed by atoms with Crippen LogP contribution in [0.2, 0.25) is 0 Å². The average Bonchev–Trinajstić information content (AvgIpc) is 2.84. The van der Waals surface area contributed by atoms with Crippen LogP contribution in [0.5, 0.6) is 5.75 Å². The minimum Gasteiger partial charge on any atom is -0.477 e. The Hall–Kier alpha value is -1.84. The molecule has 0 atom stereocenters. The molecule has 6 heteroatoms. The number of halogens is 1. The molecule has 0 radical (unpaired) electrons. The fourth-order valence-corrected chi connectivity index (χ4v) is 2.89. The molecule has 1 heterocycles. The normalized spacial score (nSPS) is 9.68. The van der Waals surface area contributed by atoms with Crippen LogP contribution in [0, 0.1) is 11.3 Å². The maximum Gasteiger partial charge on any atom is 0.266 e. The maximum absolute atomic E-state index is 12.1. The van der Waals surface area contributed by atoms with E-state index in [-0.39, 0.29) is 12.5 Å². The van der Waals surface area contributed by atoms with Crippen molar-refractivity contribution in [3.05, 3.63) is 45.1 Å². The van der Waals surface area contributed by atoms with Gasteiger partial charge in [0.2, 0.25) is 0 Å². The molecule has 0 saturated carbocycles. The molecule has 0 unspecified atom stereocenters. The van der Waals surface area contributed by atoms with E-state index in [9.17, 15) is 4.79 Å². The summed E-state index contributed by atoms with van der Waals surface area (Å²) in [6, 6.07) is 10.7. The lowest BCUT2D eigenvalue weighted by atomic mass is 10.3. The van der Waals surface area contributed by atoms with E-state index >= 15 is 0 Å². The number of nitrogens with one attached hydrogen (secondary N) is 1. The number of hydrogen-bond acceptors (Lipinski definition) is 4. The van der Waals surface area contributed by atoms with Crippen LogP contribution in [0.25, 0.3) is 0 Å². The molecule has 1 N–H and O–H groups in total. The van der Waals surface area contributed by atoms with Crippen LogP contribution in [0.15, 0.2) is 40.2 Å². The van der Waals surface area contributed by atoms with E-state index < -0.39 is 0 Å². The topological polar surface area (TPSA) is 62.1 Å². The molecule has 0 bridgehead atoms. The highest BCUT2D eigenvalue weighted by Crippen LogP contribution is 2.27. The molecule has 2 aromatic rings. The van der Waals surface area contributed by atoms with E-state index in [4.69, 9.17) is 10.00 Å². The van der Waals surface area contributed by atoms with Gasteiger partial charge in [0, 0.05) is 4.47 Å². The third kappa shape index (κ3) is 3.34. The Kier molecular flexibility index (Phi) is 4.55. The Bertz CT molecular complexity index is 634. The van der Waals surface area contributed by atoms with E-state index in [1.807, 2.05) is 17.5 Å². The summed E-state index contributed by atoms with van der Waals surface area (Å²) in [7, 11) is 0. The number of para-hydroxylation sites is 2. The average molecular weight is 337 g/mol. The number of anilines is 1. The van der Waals surface area contributed by atoms with Gasteiger partial charge in [0.1, 0.15) is 16.7 Å². The molecule has 19 heavy (non-hydrogen) atoms. The molecule has 0 aliphatic heterocycles. The molecule has 0 saturated heterocycles. The lowest BCUT2D eigenvalue weighted by Crippen LogP contribution is -2.12. The van der Waals surface area contributed by atoms with Crippen LogP contribution in [0.3, 0.4) is 0 Å². The molecular formula is C13H9BrN2O2S. The third-order valence-electron chi connectivity index (χ3n) is 2.25. The zero-order valence-electron chi connectivity index (χ0n) is 9.72. The highest BCUT2D eigenvalue weighted by atomic mass is 79.9. The Labute approximate surface area is 122 Å². The van der Waals surface area contributed by atoms with Crippen molar-refractivity contribution in [1.82, 2.24) is 0 Å². The predicted molar refractivity (Wildman–Crippen MR) is 77.5 cm³/mol. The smallest absolute Gasteiger partial charge is 0.266 e. The molecule has 4 nitrogen and oxygen atoms in total.